The number of fused-ring (bicyclic) bond motifs is 1. The smallest absolute Gasteiger partial charge is 0.285 e. The van der Waals surface area contributed by atoms with E-state index in [9.17, 15) is 13.2 Å². The Bertz CT molecular complexity index is 823. The van der Waals surface area contributed by atoms with Crippen LogP contribution >= 0.6 is 0 Å². The van der Waals surface area contributed by atoms with E-state index in [1.54, 1.807) is 18.2 Å². The van der Waals surface area contributed by atoms with Crippen LogP contribution in [0.1, 0.15) is 31.2 Å². The number of carbonyl (C=O) groups excluding carboxylic acids is 1. The summed E-state index contributed by atoms with van der Waals surface area (Å²) in [6, 6.07) is 7.16. The van der Waals surface area contributed by atoms with Crippen LogP contribution in [0.4, 0.5) is 0 Å². The van der Waals surface area contributed by atoms with Crippen molar-refractivity contribution in [2.75, 3.05) is 26.2 Å². The molecule has 0 saturated carbocycles. The largest absolute Gasteiger partial charge is 0.355 e. The Morgan fingerprint density at radius 3 is 2.69 bits per heavy atom. The molecule has 1 aromatic rings. The van der Waals surface area contributed by atoms with E-state index < -0.39 is 10.0 Å². The molecule has 4 rings (SSSR count). The van der Waals surface area contributed by atoms with Gasteiger partial charge in [0, 0.05) is 37.2 Å². The van der Waals surface area contributed by atoms with E-state index in [1.807, 2.05) is 11.0 Å². The molecule has 7 nitrogen and oxygen atoms in total. The summed E-state index contributed by atoms with van der Waals surface area (Å²) in [4.78, 5) is 14.8. The molecular formula is C18H24N4O3S. The van der Waals surface area contributed by atoms with Gasteiger partial charge < -0.3 is 15.5 Å². The summed E-state index contributed by atoms with van der Waals surface area (Å²) in [7, 11) is -3.59. The maximum atomic E-state index is 12.5. The minimum atomic E-state index is -3.59. The lowest BCUT2D eigenvalue weighted by Gasteiger charge is -2.34. The molecule has 0 bridgehead atoms. The predicted octanol–water partition coefficient (Wildman–Crippen LogP) is 0.716. The quantitative estimate of drug-likeness (QED) is 0.794. The summed E-state index contributed by atoms with van der Waals surface area (Å²) in [5, 5.41) is 6.46. The van der Waals surface area contributed by atoms with Gasteiger partial charge in [-0.05, 0) is 44.4 Å². The molecule has 1 aromatic carbocycles. The van der Waals surface area contributed by atoms with Crippen LogP contribution in [0.2, 0.25) is 0 Å². The zero-order valence-corrected chi connectivity index (χ0v) is 15.5. The van der Waals surface area contributed by atoms with Crippen LogP contribution < -0.4 is 10.6 Å². The van der Waals surface area contributed by atoms with Gasteiger partial charge in [-0.25, -0.2) is 0 Å². The summed E-state index contributed by atoms with van der Waals surface area (Å²) in [6.45, 7) is 3.15. The Kier molecular flexibility index (Phi) is 4.71. The first-order chi connectivity index (χ1) is 12.5. The Labute approximate surface area is 153 Å². The van der Waals surface area contributed by atoms with E-state index in [2.05, 4.69) is 15.0 Å². The van der Waals surface area contributed by atoms with Gasteiger partial charge in [-0.15, -0.1) is 4.40 Å². The lowest BCUT2D eigenvalue weighted by Crippen LogP contribution is -2.49. The van der Waals surface area contributed by atoms with E-state index in [4.69, 9.17) is 0 Å². The average Bonchev–Trinajstić information content (AvgIpc) is 2.94. The molecule has 2 N–H and O–H groups in total. The van der Waals surface area contributed by atoms with Crippen molar-refractivity contribution in [2.24, 2.45) is 10.3 Å². The van der Waals surface area contributed by atoms with Crippen molar-refractivity contribution in [1.82, 2.24) is 15.5 Å². The molecule has 0 aromatic heterocycles. The summed E-state index contributed by atoms with van der Waals surface area (Å²) < 4.78 is 28.4. The molecule has 0 spiro atoms. The van der Waals surface area contributed by atoms with Crippen LogP contribution in [0.15, 0.2) is 33.6 Å². The first kappa shape index (κ1) is 17.5. The van der Waals surface area contributed by atoms with Crippen molar-refractivity contribution in [1.29, 1.82) is 0 Å². The molecule has 1 atom stereocenters. The second-order valence-electron chi connectivity index (χ2n) is 7.20. The molecule has 3 aliphatic heterocycles. The Morgan fingerprint density at radius 2 is 1.96 bits per heavy atom. The maximum Gasteiger partial charge on any atom is 0.285 e. The number of amidine groups is 1. The third kappa shape index (κ3) is 3.35. The van der Waals surface area contributed by atoms with Gasteiger partial charge in [-0.2, -0.15) is 8.42 Å². The number of benzene rings is 1. The number of sulfonamides is 1. The van der Waals surface area contributed by atoms with Crippen LogP contribution in [-0.4, -0.2) is 57.3 Å². The lowest BCUT2D eigenvalue weighted by molar-refractivity contribution is -0.127. The highest BCUT2D eigenvalue weighted by atomic mass is 32.2. The van der Waals surface area contributed by atoms with E-state index in [0.717, 1.165) is 25.9 Å². The molecule has 8 heteroatoms. The second kappa shape index (κ2) is 7.00. The van der Waals surface area contributed by atoms with Gasteiger partial charge in [-0.1, -0.05) is 12.1 Å². The number of nitrogens with zero attached hydrogens (tertiary/aromatic N) is 2. The summed E-state index contributed by atoms with van der Waals surface area (Å²) >= 11 is 0. The van der Waals surface area contributed by atoms with E-state index in [0.29, 0.717) is 37.3 Å². The number of nitrogens with one attached hydrogen (secondary N) is 2. The number of amides is 1. The van der Waals surface area contributed by atoms with Gasteiger partial charge in [0.2, 0.25) is 5.91 Å². The standard InChI is InChI=1S/C18H24N4O3S/c23-18(20-14-4-3-9-19-12-14)13-7-10-22(11-8-13)17-15-5-1-2-6-16(15)26(24,25)21-17/h1-2,5-6,13-14,19H,3-4,7-12H2,(H,20,23). The van der Waals surface area contributed by atoms with Gasteiger partial charge in [-0.3, -0.25) is 4.79 Å². The number of hydrogen-bond donors (Lipinski definition) is 2. The Balaban J connectivity index is 1.39. The van der Waals surface area contributed by atoms with Crippen molar-refractivity contribution < 1.29 is 13.2 Å². The van der Waals surface area contributed by atoms with E-state index in [1.165, 1.54) is 0 Å². The van der Waals surface area contributed by atoms with Gasteiger partial charge in [0.05, 0.1) is 0 Å². The summed E-state index contributed by atoms with van der Waals surface area (Å²) in [5.41, 5.74) is 0.670. The number of rotatable bonds is 2. The van der Waals surface area contributed by atoms with Gasteiger partial charge >= 0.3 is 0 Å². The van der Waals surface area contributed by atoms with E-state index >= 15 is 0 Å². The first-order valence-corrected chi connectivity index (χ1v) is 10.7. The second-order valence-corrected chi connectivity index (χ2v) is 8.77. The molecule has 26 heavy (non-hydrogen) atoms. The zero-order chi connectivity index (χ0) is 18.1. The molecule has 1 unspecified atom stereocenters. The SMILES string of the molecule is O=C(NC1CCCNC1)C1CCN(C2=NS(=O)(=O)c3ccccc32)CC1. The molecule has 1 amide bonds. The van der Waals surface area contributed by atoms with Crippen LogP contribution in [0.5, 0.6) is 0 Å². The van der Waals surface area contributed by atoms with Crippen LogP contribution in [0.25, 0.3) is 0 Å². The van der Waals surface area contributed by atoms with Crippen molar-refractivity contribution in [3.8, 4) is 0 Å². The molecule has 0 radical (unpaired) electrons. The Morgan fingerprint density at radius 1 is 1.19 bits per heavy atom. The minimum absolute atomic E-state index is 0.0120. The molecule has 2 saturated heterocycles. The maximum absolute atomic E-state index is 12.5. The van der Waals surface area contributed by atoms with Gasteiger partial charge in [0.15, 0.2) is 5.84 Å². The molecule has 3 heterocycles. The number of piperidine rings is 2. The third-order valence-electron chi connectivity index (χ3n) is 5.42. The molecule has 2 fully saturated rings. The predicted molar refractivity (Wildman–Crippen MR) is 98.5 cm³/mol. The summed E-state index contributed by atoms with van der Waals surface area (Å²) in [5.74, 6) is 0.637. The van der Waals surface area contributed by atoms with Crippen molar-refractivity contribution in [2.45, 2.75) is 36.6 Å². The molecular weight excluding hydrogens is 352 g/mol. The van der Waals surface area contributed by atoms with Crippen LogP contribution in [0.3, 0.4) is 0 Å². The van der Waals surface area contributed by atoms with E-state index in [-0.39, 0.29) is 22.8 Å². The lowest BCUT2D eigenvalue weighted by atomic mass is 9.94. The normalized spacial score (nSPS) is 25.5. The fraction of sp³-hybridized carbons (Fsp3) is 0.556. The monoisotopic (exact) mass is 376 g/mol. The van der Waals surface area contributed by atoms with Gasteiger partial charge in [0.25, 0.3) is 10.0 Å². The number of hydrogen-bond acceptors (Lipinski definition) is 5. The fourth-order valence-electron chi connectivity index (χ4n) is 3.96. The number of likely N-dealkylation sites (tertiary alicyclic amines) is 1. The highest BCUT2D eigenvalue weighted by Crippen LogP contribution is 2.29. The molecule has 3 aliphatic rings. The first-order valence-electron chi connectivity index (χ1n) is 9.25. The van der Waals surface area contributed by atoms with Crippen molar-refractivity contribution >= 4 is 21.8 Å². The number of carbonyl (C=O) groups is 1. The fourth-order valence-corrected chi connectivity index (χ4v) is 5.19. The molecule has 0 aliphatic carbocycles. The van der Waals surface area contributed by atoms with Crippen LogP contribution in [-0.2, 0) is 14.8 Å². The summed E-state index contributed by atoms with van der Waals surface area (Å²) in [6.07, 6.45) is 3.56. The van der Waals surface area contributed by atoms with Crippen LogP contribution in [0, 0.1) is 5.92 Å². The average molecular weight is 376 g/mol. The minimum Gasteiger partial charge on any atom is -0.355 e. The topological polar surface area (TPSA) is 90.9 Å². The molecule has 140 valence electrons. The Hall–Kier alpha value is -1.93. The van der Waals surface area contributed by atoms with Crippen molar-refractivity contribution in [3.63, 3.8) is 0 Å². The highest BCUT2D eigenvalue weighted by molar-refractivity contribution is 7.90. The third-order valence-corrected chi connectivity index (χ3v) is 6.75. The highest BCUT2D eigenvalue weighted by Gasteiger charge is 2.34. The van der Waals surface area contributed by atoms with Gasteiger partial charge in [0.1, 0.15) is 4.90 Å². The van der Waals surface area contributed by atoms with Crippen molar-refractivity contribution in [3.05, 3.63) is 29.8 Å². The zero-order valence-electron chi connectivity index (χ0n) is 14.6.